The van der Waals surface area contributed by atoms with Crippen molar-refractivity contribution in [2.24, 2.45) is 0 Å². The van der Waals surface area contributed by atoms with E-state index in [0.29, 0.717) is 0 Å². The zero-order chi connectivity index (χ0) is 35.6. The van der Waals surface area contributed by atoms with Gasteiger partial charge in [-0.15, -0.1) is 0 Å². The van der Waals surface area contributed by atoms with E-state index >= 15 is 0 Å². The van der Waals surface area contributed by atoms with Crippen LogP contribution in [-0.4, -0.2) is 59.3 Å². The summed E-state index contributed by atoms with van der Waals surface area (Å²) in [5.41, 5.74) is 10.3. The number of anilines is 2. The first-order chi connectivity index (χ1) is 23.0. The molecule has 0 unspecified atom stereocenters. The summed E-state index contributed by atoms with van der Waals surface area (Å²) in [6.45, 7) is 28.1. The van der Waals surface area contributed by atoms with Crippen LogP contribution in [0.2, 0.25) is 0 Å². The predicted molar refractivity (Wildman–Crippen MR) is 222 cm³/mol. The van der Waals surface area contributed by atoms with E-state index in [1.165, 1.54) is 122 Å². The summed E-state index contributed by atoms with van der Waals surface area (Å²) in [6.07, 6.45) is 14.5. The molecule has 0 N–H and O–H groups in total. The van der Waals surface area contributed by atoms with Crippen LogP contribution in [0.25, 0.3) is 0 Å². The van der Waals surface area contributed by atoms with E-state index in [-0.39, 0.29) is 0 Å². The highest BCUT2D eigenvalue weighted by molar-refractivity contribution is 7.80. The minimum Gasteiger partial charge on any atom is -0.349 e. The molecule has 2 rings (SSSR count). The number of benzene rings is 2. The molecular formula is C42H70N4S2. The number of thiocarbonyl (C=S) groups is 2. The van der Waals surface area contributed by atoms with Crippen LogP contribution in [0.5, 0.6) is 0 Å². The summed E-state index contributed by atoms with van der Waals surface area (Å²) in [4.78, 5) is 9.94. The Kier molecular flexibility index (Phi) is 19.7. The second-order valence-electron chi connectivity index (χ2n) is 14.2. The standard InChI is InChI=1S/C42H70N4S2/c1-11-15-19-23-43(24-20-16-12-2)41(47)45(39-35(7)29-33(5)30-36(39)8)27-28-46(40-37(9)31-34(6)32-38(40)10)42(48)44(25-21-17-13-3)26-22-18-14-4/h29-32H,11-28H2,1-10H3. The molecule has 0 aromatic heterocycles. The Hall–Kier alpha value is -2.18. The Morgan fingerprint density at radius 1 is 0.417 bits per heavy atom. The van der Waals surface area contributed by atoms with Crippen molar-refractivity contribution in [1.82, 2.24) is 9.80 Å². The molecule has 4 nitrogen and oxygen atoms in total. The fourth-order valence-electron chi connectivity index (χ4n) is 7.16. The molecule has 0 saturated carbocycles. The van der Waals surface area contributed by atoms with Crippen molar-refractivity contribution in [1.29, 1.82) is 0 Å². The van der Waals surface area contributed by atoms with Crippen molar-refractivity contribution in [3.05, 3.63) is 57.6 Å². The lowest BCUT2D eigenvalue weighted by Crippen LogP contribution is -2.51. The summed E-state index contributed by atoms with van der Waals surface area (Å²) >= 11 is 13.0. The maximum absolute atomic E-state index is 6.52. The molecule has 0 aliphatic heterocycles. The molecule has 48 heavy (non-hydrogen) atoms. The molecule has 0 atom stereocenters. The minimum absolute atomic E-state index is 0.770. The SMILES string of the molecule is CCCCCN(CCCCC)C(=S)N(CCN(C(=S)N(CCCCC)CCCCC)c1c(C)cc(C)cc1C)c1c(C)cc(C)cc1C. The summed E-state index contributed by atoms with van der Waals surface area (Å²) in [5, 5.41) is 1.92. The molecule has 0 heterocycles. The topological polar surface area (TPSA) is 13.0 Å². The molecule has 0 fully saturated rings. The maximum atomic E-state index is 6.52. The van der Waals surface area contributed by atoms with Gasteiger partial charge in [-0.3, -0.25) is 0 Å². The van der Waals surface area contributed by atoms with Gasteiger partial charge in [0, 0.05) is 50.6 Å². The molecule has 2 aromatic rings. The Morgan fingerprint density at radius 2 is 0.667 bits per heavy atom. The third kappa shape index (κ3) is 12.9. The lowest BCUT2D eigenvalue weighted by molar-refractivity contribution is 0.387. The van der Waals surface area contributed by atoms with Gasteiger partial charge in [0.2, 0.25) is 0 Å². The summed E-state index contributed by atoms with van der Waals surface area (Å²) in [6, 6.07) is 9.26. The van der Waals surface area contributed by atoms with Crippen LogP contribution >= 0.6 is 24.4 Å². The van der Waals surface area contributed by atoms with Gasteiger partial charge >= 0.3 is 0 Å². The average molecular weight is 695 g/mol. The monoisotopic (exact) mass is 695 g/mol. The summed E-state index contributed by atoms with van der Waals surface area (Å²) in [5.74, 6) is 0. The van der Waals surface area contributed by atoms with Crippen LogP contribution in [0.4, 0.5) is 11.4 Å². The molecule has 6 heteroatoms. The van der Waals surface area contributed by atoms with Gasteiger partial charge in [0.05, 0.1) is 0 Å². The quantitative estimate of drug-likeness (QED) is 0.0946. The first kappa shape index (κ1) is 42.0. The maximum Gasteiger partial charge on any atom is 0.176 e. The van der Waals surface area contributed by atoms with Gasteiger partial charge < -0.3 is 19.6 Å². The second kappa shape index (κ2) is 22.5. The highest BCUT2D eigenvalue weighted by atomic mass is 32.1. The number of nitrogens with zero attached hydrogens (tertiary/aromatic N) is 4. The lowest BCUT2D eigenvalue weighted by atomic mass is 10.0. The van der Waals surface area contributed by atoms with E-state index in [4.69, 9.17) is 24.4 Å². The largest absolute Gasteiger partial charge is 0.349 e. The van der Waals surface area contributed by atoms with Gasteiger partial charge in [-0.2, -0.15) is 0 Å². The summed E-state index contributed by atoms with van der Waals surface area (Å²) in [7, 11) is 0. The summed E-state index contributed by atoms with van der Waals surface area (Å²) < 4.78 is 0. The fourth-order valence-corrected chi connectivity index (χ4v) is 7.89. The first-order valence-electron chi connectivity index (χ1n) is 19.3. The van der Waals surface area contributed by atoms with E-state index in [1.807, 2.05) is 0 Å². The van der Waals surface area contributed by atoms with Crippen LogP contribution in [0.3, 0.4) is 0 Å². The van der Waals surface area contributed by atoms with Crippen molar-refractivity contribution >= 4 is 46.0 Å². The second-order valence-corrected chi connectivity index (χ2v) is 14.9. The Labute approximate surface area is 307 Å². The molecule has 0 aliphatic rings. The third-order valence-electron chi connectivity index (χ3n) is 9.49. The van der Waals surface area contributed by atoms with Gasteiger partial charge in [0.15, 0.2) is 10.2 Å². The Bertz CT molecular complexity index is 1110. The minimum atomic E-state index is 0.770. The molecule has 2 aromatic carbocycles. The average Bonchev–Trinajstić information content (AvgIpc) is 3.02. The third-order valence-corrected chi connectivity index (χ3v) is 10.4. The normalized spacial score (nSPS) is 11.1. The lowest BCUT2D eigenvalue weighted by Gasteiger charge is -2.39. The van der Waals surface area contributed by atoms with Crippen molar-refractivity contribution < 1.29 is 0 Å². The highest BCUT2D eigenvalue weighted by Crippen LogP contribution is 2.31. The molecule has 0 bridgehead atoms. The van der Waals surface area contributed by atoms with Crippen LogP contribution in [0.1, 0.15) is 138 Å². The van der Waals surface area contributed by atoms with Crippen LogP contribution < -0.4 is 9.80 Å². The van der Waals surface area contributed by atoms with Gasteiger partial charge in [-0.25, -0.2) is 0 Å². The van der Waals surface area contributed by atoms with E-state index in [1.54, 1.807) is 0 Å². The van der Waals surface area contributed by atoms with Crippen molar-refractivity contribution in [2.45, 2.75) is 146 Å². The van der Waals surface area contributed by atoms with E-state index in [0.717, 1.165) is 49.5 Å². The molecule has 0 spiro atoms. The first-order valence-corrected chi connectivity index (χ1v) is 20.1. The molecule has 0 radical (unpaired) electrons. The number of rotatable bonds is 21. The van der Waals surface area contributed by atoms with Crippen molar-refractivity contribution in [2.75, 3.05) is 49.1 Å². The van der Waals surface area contributed by atoms with E-state index in [9.17, 15) is 0 Å². The molecule has 0 amide bonds. The number of hydrogen-bond acceptors (Lipinski definition) is 2. The molecule has 0 aliphatic carbocycles. The zero-order valence-corrected chi connectivity index (χ0v) is 34.3. The van der Waals surface area contributed by atoms with E-state index < -0.39 is 0 Å². The van der Waals surface area contributed by atoms with Gasteiger partial charge in [0.1, 0.15) is 0 Å². The van der Waals surface area contributed by atoms with Crippen LogP contribution in [0, 0.1) is 41.5 Å². The molecule has 0 saturated heterocycles. The highest BCUT2D eigenvalue weighted by Gasteiger charge is 2.26. The van der Waals surface area contributed by atoms with Crippen LogP contribution in [-0.2, 0) is 0 Å². The van der Waals surface area contributed by atoms with Gasteiger partial charge in [-0.05, 0) is 114 Å². The smallest absolute Gasteiger partial charge is 0.176 e. The number of hydrogen-bond donors (Lipinski definition) is 0. The number of unbranched alkanes of at least 4 members (excludes halogenated alkanes) is 8. The van der Waals surface area contributed by atoms with Crippen LogP contribution in [0.15, 0.2) is 24.3 Å². The van der Waals surface area contributed by atoms with E-state index in [2.05, 4.69) is 113 Å². The fraction of sp³-hybridized carbons (Fsp3) is 0.667. The Balaban J connectivity index is 2.64. The predicted octanol–water partition coefficient (Wildman–Crippen LogP) is 11.8. The van der Waals surface area contributed by atoms with Crippen molar-refractivity contribution in [3.8, 4) is 0 Å². The molecule has 270 valence electrons. The van der Waals surface area contributed by atoms with Gasteiger partial charge in [-0.1, -0.05) is 114 Å². The number of aryl methyl sites for hydroxylation is 6. The zero-order valence-electron chi connectivity index (χ0n) is 32.6. The van der Waals surface area contributed by atoms with Crippen molar-refractivity contribution in [3.63, 3.8) is 0 Å². The Morgan fingerprint density at radius 3 is 0.896 bits per heavy atom. The van der Waals surface area contributed by atoms with Gasteiger partial charge in [0.25, 0.3) is 0 Å². The molecular weight excluding hydrogens is 625 g/mol.